The van der Waals surface area contributed by atoms with E-state index in [1.54, 1.807) is 31.2 Å². The maximum Gasteiger partial charge on any atom is 0.422 e. The van der Waals surface area contributed by atoms with Gasteiger partial charge in [-0.2, -0.15) is 13.2 Å². The third-order valence-corrected chi connectivity index (χ3v) is 5.68. The van der Waals surface area contributed by atoms with E-state index in [0.29, 0.717) is 28.4 Å². The minimum absolute atomic E-state index is 0.210. The first kappa shape index (κ1) is 24.6. The molecule has 0 saturated heterocycles. The smallest absolute Gasteiger partial charge is 0.422 e. The van der Waals surface area contributed by atoms with Crippen LogP contribution in [0.5, 0.6) is 5.75 Å². The van der Waals surface area contributed by atoms with Crippen LogP contribution >= 0.6 is 0 Å². The molecule has 8 heteroatoms. The summed E-state index contributed by atoms with van der Waals surface area (Å²) in [6.45, 7) is 6.52. The summed E-state index contributed by atoms with van der Waals surface area (Å²) in [5.41, 5.74) is -2.09. The fraction of sp³-hybridized carbons (Fsp3) is 0.360. The number of methoxy groups -OCH3 is 1. The monoisotopic (exact) mass is 462 g/mol. The number of hydrogen-bond donors (Lipinski definition) is 1. The van der Waals surface area contributed by atoms with E-state index < -0.39 is 29.4 Å². The van der Waals surface area contributed by atoms with Gasteiger partial charge in [0.2, 0.25) is 0 Å². The zero-order chi connectivity index (χ0) is 24.6. The maximum absolute atomic E-state index is 14.1. The lowest BCUT2D eigenvalue weighted by atomic mass is 9.74. The van der Waals surface area contributed by atoms with Crippen LogP contribution < -0.4 is 4.74 Å². The van der Waals surface area contributed by atoms with Crippen molar-refractivity contribution in [2.24, 2.45) is 4.99 Å². The minimum Gasteiger partial charge on any atom is -0.496 e. The van der Waals surface area contributed by atoms with Gasteiger partial charge >= 0.3 is 6.18 Å². The molecule has 0 saturated carbocycles. The minimum atomic E-state index is -5.03. The Morgan fingerprint density at radius 2 is 1.76 bits per heavy atom. The summed E-state index contributed by atoms with van der Waals surface area (Å²) in [4.78, 5) is 8.49. The first-order chi connectivity index (χ1) is 15.3. The maximum atomic E-state index is 14.1. The van der Waals surface area contributed by atoms with Gasteiger partial charge in [0.15, 0.2) is 5.60 Å². The molecule has 3 rings (SSSR count). The average Bonchev–Trinajstić information content (AvgIpc) is 2.72. The number of nitrogens with zero attached hydrogens (tertiary/aromatic N) is 2. The van der Waals surface area contributed by atoms with Crippen molar-refractivity contribution in [2.75, 3.05) is 7.11 Å². The summed E-state index contributed by atoms with van der Waals surface area (Å²) in [5.74, 6) is -0.383. The molecule has 0 aliphatic rings. The molecule has 0 fully saturated rings. The number of aromatic nitrogens is 1. The van der Waals surface area contributed by atoms with E-state index in [4.69, 9.17) is 4.74 Å². The molecule has 0 aliphatic heterocycles. The van der Waals surface area contributed by atoms with Crippen molar-refractivity contribution in [3.8, 4) is 5.75 Å². The Kier molecular flexibility index (Phi) is 6.53. The number of aliphatic imine (C=N–C) groups is 1. The number of aryl methyl sites for hydroxylation is 2. The first-order valence-electron chi connectivity index (χ1n) is 10.3. The molecule has 1 unspecified atom stereocenters. The molecule has 176 valence electrons. The van der Waals surface area contributed by atoms with Gasteiger partial charge in [-0.1, -0.05) is 19.9 Å². The highest BCUT2D eigenvalue weighted by atomic mass is 19.4. The zero-order valence-corrected chi connectivity index (χ0v) is 19.1. The molecule has 0 bridgehead atoms. The predicted molar refractivity (Wildman–Crippen MR) is 121 cm³/mol. The summed E-state index contributed by atoms with van der Waals surface area (Å²) in [6.07, 6.45) is -5.29. The molecule has 0 aliphatic carbocycles. The van der Waals surface area contributed by atoms with Crippen LogP contribution in [0.3, 0.4) is 0 Å². The lowest BCUT2D eigenvalue weighted by molar-refractivity contribution is -0.234. The van der Waals surface area contributed by atoms with Crippen molar-refractivity contribution in [3.63, 3.8) is 0 Å². The van der Waals surface area contributed by atoms with Crippen LogP contribution in [0.1, 0.15) is 37.1 Å². The Bertz CT molecular complexity index is 1200. The molecule has 1 aromatic heterocycles. The van der Waals surface area contributed by atoms with Crippen molar-refractivity contribution >= 4 is 22.8 Å². The van der Waals surface area contributed by atoms with E-state index in [0.717, 1.165) is 17.8 Å². The van der Waals surface area contributed by atoms with Gasteiger partial charge in [-0.3, -0.25) is 9.98 Å². The van der Waals surface area contributed by atoms with E-state index in [-0.39, 0.29) is 11.3 Å². The van der Waals surface area contributed by atoms with E-state index in [2.05, 4.69) is 9.98 Å². The highest BCUT2D eigenvalue weighted by Gasteiger charge is 2.55. The predicted octanol–water partition coefficient (Wildman–Crippen LogP) is 6.36. The van der Waals surface area contributed by atoms with E-state index >= 15 is 0 Å². The Labute approximate surface area is 190 Å². The van der Waals surface area contributed by atoms with Crippen LogP contribution in [-0.2, 0) is 5.41 Å². The van der Waals surface area contributed by atoms with Gasteiger partial charge in [-0.05, 0) is 67.6 Å². The second-order valence-corrected chi connectivity index (χ2v) is 8.84. The summed E-state index contributed by atoms with van der Waals surface area (Å²) in [6, 6.07) is 10.6. The van der Waals surface area contributed by atoms with E-state index in [1.807, 2.05) is 6.92 Å². The summed E-state index contributed by atoms with van der Waals surface area (Å²) >= 11 is 0. The Morgan fingerprint density at radius 1 is 1.06 bits per heavy atom. The number of fused-ring (bicyclic) bond motifs is 1. The van der Waals surface area contributed by atoms with Crippen molar-refractivity contribution in [1.82, 2.24) is 4.98 Å². The summed E-state index contributed by atoms with van der Waals surface area (Å²) in [5, 5.41) is 11.4. The van der Waals surface area contributed by atoms with Gasteiger partial charge in [0, 0.05) is 22.9 Å². The second kappa shape index (κ2) is 8.74. The number of ether oxygens (including phenoxy) is 1. The Morgan fingerprint density at radius 3 is 2.39 bits per heavy atom. The average molecular weight is 462 g/mol. The quantitative estimate of drug-likeness (QED) is 0.342. The van der Waals surface area contributed by atoms with Crippen molar-refractivity contribution < 1.29 is 27.4 Å². The molecule has 4 nitrogen and oxygen atoms in total. The third kappa shape index (κ3) is 5.00. The lowest BCUT2D eigenvalue weighted by Crippen LogP contribution is -2.50. The van der Waals surface area contributed by atoms with Gasteiger partial charge < -0.3 is 9.84 Å². The molecule has 1 N–H and O–H groups in total. The Hall–Kier alpha value is -3.00. The fourth-order valence-electron chi connectivity index (χ4n) is 3.94. The van der Waals surface area contributed by atoms with Crippen molar-refractivity contribution in [1.29, 1.82) is 0 Å². The molecular weight excluding hydrogens is 436 g/mol. The molecule has 2 aromatic carbocycles. The molecule has 1 heterocycles. The topological polar surface area (TPSA) is 54.7 Å². The molecule has 0 radical (unpaired) electrons. The van der Waals surface area contributed by atoms with Crippen LogP contribution in [0.2, 0.25) is 0 Å². The molecule has 33 heavy (non-hydrogen) atoms. The number of alkyl halides is 3. The van der Waals surface area contributed by atoms with Crippen molar-refractivity contribution in [2.45, 2.75) is 51.3 Å². The number of benzene rings is 2. The number of hydrogen-bond acceptors (Lipinski definition) is 4. The summed E-state index contributed by atoms with van der Waals surface area (Å²) < 4.78 is 61.5. The largest absolute Gasteiger partial charge is 0.496 e. The van der Waals surface area contributed by atoms with E-state index in [1.165, 1.54) is 27.0 Å². The Balaban J connectivity index is 2.08. The van der Waals surface area contributed by atoms with Gasteiger partial charge in [0.05, 0.1) is 18.3 Å². The van der Waals surface area contributed by atoms with Crippen LogP contribution in [0.25, 0.3) is 10.9 Å². The standard InChI is InChI=1S/C25H26F4N2O2/c1-15-6-10-20-18(9-7-16(2)31-20)22(15)30-14-24(32,25(27,28)29)13-23(3,4)19-12-17(26)8-11-21(19)33-5/h6-12,14,32H,13H2,1-5H3. The highest BCUT2D eigenvalue weighted by molar-refractivity contribution is 5.93. The van der Waals surface area contributed by atoms with Crippen LogP contribution in [-0.4, -0.2) is 35.2 Å². The summed E-state index contributed by atoms with van der Waals surface area (Å²) in [7, 11) is 1.35. The number of rotatable bonds is 6. The van der Waals surface area contributed by atoms with Gasteiger partial charge in [0.25, 0.3) is 0 Å². The van der Waals surface area contributed by atoms with Gasteiger partial charge in [0.1, 0.15) is 11.6 Å². The van der Waals surface area contributed by atoms with Crippen LogP contribution in [0.4, 0.5) is 23.2 Å². The normalized spacial score (nSPS) is 14.6. The second-order valence-electron chi connectivity index (χ2n) is 8.84. The number of aliphatic hydroxyl groups is 1. The number of halogens is 4. The van der Waals surface area contributed by atoms with E-state index in [9.17, 15) is 22.7 Å². The van der Waals surface area contributed by atoms with Gasteiger partial charge in [-0.25, -0.2) is 4.39 Å². The zero-order valence-electron chi connectivity index (χ0n) is 19.1. The van der Waals surface area contributed by atoms with Crippen molar-refractivity contribution in [3.05, 3.63) is 65.1 Å². The SMILES string of the molecule is COc1ccc(F)cc1C(C)(C)CC(O)(C=Nc1c(C)ccc2nc(C)ccc12)C(F)(F)F. The lowest BCUT2D eigenvalue weighted by Gasteiger charge is -2.36. The molecule has 0 spiro atoms. The molecular formula is C25H26F4N2O2. The molecule has 1 atom stereocenters. The fourth-order valence-corrected chi connectivity index (χ4v) is 3.94. The number of pyridine rings is 1. The third-order valence-electron chi connectivity index (χ3n) is 5.68. The highest BCUT2D eigenvalue weighted by Crippen LogP contribution is 2.43. The molecule has 0 amide bonds. The van der Waals surface area contributed by atoms with Gasteiger partial charge in [-0.15, -0.1) is 0 Å². The first-order valence-corrected chi connectivity index (χ1v) is 10.3. The van der Waals surface area contributed by atoms with Crippen LogP contribution in [0.15, 0.2) is 47.5 Å². The van der Waals surface area contributed by atoms with Crippen LogP contribution in [0, 0.1) is 19.7 Å². The molecule has 3 aromatic rings.